The Balaban J connectivity index is -0.000000137. The number of rotatable bonds is 0. The molecule has 5 N–H and O–H groups in total. The van der Waals surface area contributed by atoms with Crippen LogP contribution >= 0.6 is 0 Å². The first-order valence-electron chi connectivity index (χ1n) is 10.5. The zero-order valence-electron chi connectivity index (χ0n) is 21.1. The summed E-state index contributed by atoms with van der Waals surface area (Å²) in [6.07, 6.45) is 6.19. The van der Waals surface area contributed by atoms with Crippen LogP contribution in [0.4, 0.5) is 0 Å². The summed E-state index contributed by atoms with van der Waals surface area (Å²) in [6, 6.07) is 2.62. The molecule has 5 rings (SSSR count). The lowest BCUT2D eigenvalue weighted by Gasteiger charge is -1.88. The molecular weight excluding hydrogens is 566 g/mol. The van der Waals surface area contributed by atoms with Crippen LogP contribution in [0.2, 0.25) is 0 Å². The zero-order chi connectivity index (χ0) is 28.7. The SMILES string of the molecule is C.C.C.C.C.Cc1cc(=O)[nH]o1.Cc1cc(=O)c(O)co1.Cc1co[nH]c1=O.Cc1cocc(O)c1=O.Cc1ncn[nH]1. The van der Waals surface area contributed by atoms with Gasteiger partial charge >= 0.3 is 0 Å². The number of hydrogen-bond donors (Lipinski definition) is 5. The molecule has 0 fully saturated rings. The number of nitrogens with zero attached hydrogens (tertiary/aromatic N) is 2. The van der Waals surface area contributed by atoms with E-state index >= 15 is 0 Å². The monoisotopic (exact) mass is 613 g/mol. The molecule has 15 heteroatoms. The standard InChI is InChI=1S/2C6H6O3.2C4H5NO2.C3H5N3.5CH4/c1-4-2-9-3-5(7)6(4)8;1-4-2-5(7)6(8)3-9-4;1-3-2-7-5-4(3)6;1-3-2-4(6)5-7-3;1-3-4-2-5-6-3;;;;;/h2-3,7H,1H3;2-3,8H,1H3;2*2H,1H3,(H,5,6);2H,1H3,(H,4,5,6);5*1H4. The van der Waals surface area contributed by atoms with Gasteiger partial charge in [-0.15, -0.1) is 0 Å². The van der Waals surface area contributed by atoms with Crippen molar-refractivity contribution in [2.24, 2.45) is 0 Å². The summed E-state index contributed by atoms with van der Waals surface area (Å²) < 4.78 is 18.2. The molecular formula is C28H47N5O10. The molecule has 5 heterocycles. The number of H-pyrrole nitrogens is 3. The van der Waals surface area contributed by atoms with Crippen LogP contribution in [0.3, 0.4) is 0 Å². The molecule has 0 aliphatic carbocycles. The van der Waals surface area contributed by atoms with Crippen LogP contribution in [-0.2, 0) is 0 Å². The van der Waals surface area contributed by atoms with E-state index in [0.717, 1.165) is 18.4 Å². The Morgan fingerprint density at radius 2 is 1.35 bits per heavy atom. The van der Waals surface area contributed by atoms with E-state index in [1.165, 1.54) is 31.0 Å². The number of nitrogens with one attached hydrogen (secondary N) is 3. The average molecular weight is 614 g/mol. The maximum absolute atomic E-state index is 10.7. The van der Waals surface area contributed by atoms with Crippen LogP contribution in [0.15, 0.2) is 80.6 Å². The first kappa shape index (κ1) is 47.4. The van der Waals surface area contributed by atoms with Crippen LogP contribution in [0.5, 0.6) is 11.5 Å². The molecule has 0 saturated heterocycles. The normalized spacial score (nSPS) is 8.21. The molecule has 0 saturated carbocycles. The Labute approximate surface area is 250 Å². The smallest absolute Gasteiger partial charge is 0.282 e. The predicted octanol–water partition coefficient (Wildman–Crippen LogP) is 5.15. The maximum atomic E-state index is 10.7. The Hall–Kier alpha value is -5.34. The minimum Gasteiger partial charge on any atom is -0.502 e. The Kier molecular flexibility index (Phi) is 27.0. The van der Waals surface area contributed by atoms with Gasteiger partial charge in [-0.1, -0.05) is 37.1 Å². The molecule has 5 aromatic heterocycles. The predicted molar refractivity (Wildman–Crippen MR) is 166 cm³/mol. The largest absolute Gasteiger partial charge is 0.502 e. The van der Waals surface area contributed by atoms with E-state index in [1.54, 1.807) is 27.7 Å². The highest BCUT2D eigenvalue weighted by atomic mass is 16.5. The lowest BCUT2D eigenvalue weighted by Crippen LogP contribution is -2.01. The van der Waals surface area contributed by atoms with E-state index < -0.39 is 5.43 Å². The van der Waals surface area contributed by atoms with E-state index in [4.69, 9.17) is 10.2 Å². The van der Waals surface area contributed by atoms with Crippen molar-refractivity contribution in [2.75, 3.05) is 0 Å². The Morgan fingerprint density at radius 3 is 1.60 bits per heavy atom. The molecule has 5 aromatic rings. The summed E-state index contributed by atoms with van der Waals surface area (Å²) in [7, 11) is 0. The fourth-order valence-electron chi connectivity index (χ4n) is 1.96. The highest BCUT2D eigenvalue weighted by molar-refractivity contribution is 5.18. The van der Waals surface area contributed by atoms with E-state index in [-0.39, 0.29) is 65.2 Å². The minimum atomic E-state index is -0.404. The quantitative estimate of drug-likeness (QED) is 0.152. The summed E-state index contributed by atoms with van der Waals surface area (Å²) in [5.74, 6) is 1.29. The van der Waals surface area contributed by atoms with E-state index in [2.05, 4.69) is 43.4 Å². The molecule has 0 radical (unpaired) electrons. The number of aromatic amines is 3. The topological polar surface area (TPSA) is 234 Å². The van der Waals surface area contributed by atoms with Crippen LogP contribution in [0.1, 0.15) is 65.6 Å². The highest BCUT2D eigenvalue weighted by Crippen LogP contribution is 2.00. The van der Waals surface area contributed by atoms with Crippen molar-refractivity contribution in [3.05, 3.63) is 113 Å². The molecule has 0 aliphatic heterocycles. The van der Waals surface area contributed by atoms with Crippen molar-refractivity contribution in [3.8, 4) is 11.5 Å². The van der Waals surface area contributed by atoms with Gasteiger partial charge in [0.25, 0.3) is 11.1 Å². The molecule has 43 heavy (non-hydrogen) atoms. The molecule has 0 aliphatic rings. The van der Waals surface area contributed by atoms with Gasteiger partial charge < -0.3 is 28.1 Å². The summed E-state index contributed by atoms with van der Waals surface area (Å²) in [4.78, 5) is 45.3. The van der Waals surface area contributed by atoms with E-state index in [1.807, 2.05) is 6.92 Å². The third-order valence-electron chi connectivity index (χ3n) is 3.89. The van der Waals surface area contributed by atoms with Gasteiger partial charge in [-0.3, -0.25) is 24.3 Å². The summed E-state index contributed by atoms with van der Waals surface area (Å²) in [5, 5.41) is 27.8. The Bertz CT molecular complexity index is 1570. The lowest BCUT2D eigenvalue weighted by molar-refractivity contribution is 0.392. The van der Waals surface area contributed by atoms with Gasteiger partial charge in [-0.2, -0.15) is 15.4 Å². The Morgan fingerprint density at radius 1 is 0.721 bits per heavy atom. The number of aromatic nitrogens is 5. The molecule has 0 aromatic carbocycles. The molecule has 0 unspecified atom stereocenters. The third-order valence-corrected chi connectivity index (χ3v) is 3.89. The first-order valence-corrected chi connectivity index (χ1v) is 10.5. The van der Waals surface area contributed by atoms with Crippen molar-refractivity contribution in [1.82, 2.24) is 25.5 Å². The van der Waals surface area contributed by atoms with Crippen LogP contribution in [0.25, 0.3) is 0 Å². The van der Waals surface area contributed by atoms with Gasteiger partial charge in [0.05, 0.1) is 11.8 Å². The second-order valence-electron chi connectivity index (χ2n) is 7.25. The number of hydrogen-bond acceptors (Lipinski definition) is 12. The lowest BCUT2D eigenvalue weighted by atomic mass is 10.3. The maximum Gasteiger partial charge on any atom is 0.282 e. The number of aryl methyl sites for hydroxylation is 5. The fourth-order valence-corrected chi connectivity index (χ4v) is 1.96. The van der Waals surface area contributed by atoms with Crippen LogP contribution in [-0.4, -0.2) is 35.7 Å². The average Bonchev–Trinajstić information content (AvgIpc) is 3.60. The molecule has 0 bridgehead atoms. The van der Waals surface area contributed by atoms with Gasteiger partial charge in [0.1, 0.15) is 42.5 Å². The van der Waals surface area contributed by atoms with Crippen molar-refractivity contribution in [3.63, 3.8) is 0 Å². The van der Waals surface area contributed by atoms with E-state index in [9.17, 15) is 19.2 Å². The van der Waals surface area contributed by atoms with Crippen LogP contribution in [0, 0.1) is 34.6 Å². The summed E-state index contributed by atoms with van der Waals surface area (Å²) in [6.45, 7) is 8.46. The van der Waals surface area contributed by atoms with Crippen molar-refractivity contribution in [2.45, 2.75) is 71.8 Å². The minimum absolute atomic E-state index is 0. The van der Waals surface area contributed by atoms with Gasteiger partial charge in [-0.05, 0) is 34.6 Å². The van der Waals surface area contributed by atoms with Gasteiger partial charge in [0, 0.05) is 17.7 Å². The second-order valence-corrected chi connectivity index (χ2v) is 7.25. The molecule has 0 spiro atoms. The highest BCUT2D eigenvalue weighted by Gasteiger charge is 1.97. The summed E-state index contributed by atoms with van der Waals surface area (Å²) >= 11 is 0. The van der Waals surface area contributed by atoms with Crippen molar-refractivity contribution < 1.29 is 28.1 Å². The van der Waals surface area contributed by atoms with E-state index in [0.29, 0.717) is 22.6 Å². The van der Waals surface area contributed by atoms with Gasteiger partial charge in [0.2, 0.25) is 10.9 Å². The van der Waals surface area contributed by atoms with Gasteiger partial charge in [-0.25, -0.2) is 4.98 Å². The molecule has 0 amide bonds. The fraction of sp³-hybridized carbons (Fsp3) is 0.357. The zero-order valence-corrected chi connectivity index (χ0v) is 21.1. The second kappa shape index (κ2) is 24.5. The first-order chi connectivity index (χ1) is 17.9. The van der Waals surface area contributed by atoms with Crippen molar-refractivity contribution >= 4 is 0 Å². The molecule has 15 nitrogen and oxygen atoms in total. The van der Waals surface area contributed by atoms with Gasteiger partial charge in [0.15, 0.2) is 11.5 Å². The van der Waals surface area contributed by atoms with Crippen LogP contribution < -0.4 is 22.0 Å². The summed E-state index contributed by atoms with van der Waals surface area (Å²) in [5.41, 5.74) is -0.0903. The third kappa shape index (κ3) is 19.4. The number of aromatic hydroxyl groups is 2. The molecule has 0 atom stereocenters. The molecule has 244 valence electrons. The van der Waals surface area contributed by atoms with Crippen molar-refractivity contribution in [1.29, 1.82) is 0 Å².